The molecule has 41 heavy (non-hydrogen) atoms. The molecule has 0 unspecified atom stereocenters. The molecule has 0 aliphatic carbocycles. The van der Waals surface area contributed by atoms with Crippen molar-refractivity contribution < 1.29 is 19.1 Å². The number of amides is 3. The zero-order chi connectivity index (χ0) is 29.5. The van der Waals surface area contributed by atoms with E-state index in [0.29, 0.717) is 52.2 Å². The number of fused-ring (bicyclic) bond motifs is 1. The van der Waals surface area contributed by atoms with Crippen LogP contribution in [0, 0.1) is 5.92 Å². The highest BCUT2D eigenvalue weighted by Gasteiger charge is 2.18. The molecule has 3 N–H and O–H groups in total. The molecular weight excluding hydrogens is 563 g/mol. The van der Waals surface area contributed by atoms with Gasteiger partial charge in [-0.25, -0.2) is 0 Å². The first-order valence-corrected chi connectivity index (χ1v) is 14.0. The molecule has 0 fully saturated rings. The van der Waals surface area contributed by atoms with Gasteiger partial charge < -0.3 is 25.3 Å². The molecule has 3 amide bonds. The van der Waals surface area contributed by atoms with Crippen molar-refractivity contribution in [2.24, 2.45) is 5.92 Å². The van der Waals surface area contributed by atoms with Crippen molar-refractivity contribution in [3.05, 3.63) is 93.6 Å². The Hall–Kier alpha value is -3.85. The molecule has 8 nitrogen and oxygen atoms in total. The standard InChI is InChI=1S/C31H32Cl2N4O4/c1-19(2)29(38)34-18-20-8-10-26(33)25(14-20)30(39)35-24-9-11-27-21(15-24)16-28(37(27)12-5-13-41-3)31(40)36-23-7-4-6-22(32)17-23/h4,6-11,14-17,19H,5,12-13,18H2,1-3H3,(H,34,38)(H,35,39)(H,36,40). The number of aromatic nitrogens is 1. The minimum atomic E-state index is -0.384. The number of benzene rings is 3. The molecule has 0 saturated carbocycles. The third kappa shape index (κ3) is 7.67. The highest BCUT2D eigenvalue weighted by molar-refractivity contribution is 6.34. The predicted octanol–water partition coefficient (Wildman–Crippen LogP) is 6.76. The number of carbonyl (C=O) groups excluding carboxylic acids is 3. The van der Waals surface area contributed by atoms with Gasteiger partial charge in [0, 0.05) is 60.0 Å². The van der Waals surface area contributed by atoms with E-state index in [1.807, 2.05) is 30.5 Å². The van der Waals surface area contributed by atoms with Crippen molar-refractivity contribution >= 4 is 63.2 Å². The van der Waals surface area contributed by atoms with E-state index in [4.69, 9.17) is 27.9 Å². The second-order valence-corrected chi connectivity index (χ2v) is 10.8. The van der Waals surface area contributed by atoms with Crippen molar-refractivity contribution in [2.45, 2.75) is 33.4 Å². The first-order valence-electron chi connectivity index (χ1n) is 13.2. The number of hydrogen-bond donors (Lipinski definition) is 3. The Labute approximate surface area is 249 Å². The number of methoxy groups -OCH3 is 1. The number of nitrogens with one attached hydrogen (secondary N) is 3. The number of aryl methyl sites for hydroxylation is 1. The van der Waals surface area contributed by atoms with E-state index in [9.17, 15) is 14.4 Å². The minimum Gasteiger partial charge on any atom is -0.385 e. The van der Waals surface area contributed by atoms with Gasteiger partial charge in [-0.2, -0.15) is 0 Å². The zero-order valence-electron chi connectivity index (χ0n) is 23.1. The summed E-state index contributed by atoms with van der Waals surface area (Å²) in [5, 5.41) is 10.3. The molecular formula is C31H32Cl2N4O4. The lowest BCUT2D eigenvalue weighted by Gasteiger charge is -2.12. The van der Waals surface area contributed by atoms with Gasteiger partial charge in [0.2, 0.25) is 5.91 Å². The largest absolute Gasteiger partial charge is 0.385 e. The van der Waals surface area contributed by atoms with Crippen molar-refractivity contribution in [3.63, 3.8) is 0 Å². The van der Waals surface area contributed by atoms with Gasteiger partial charge in [-0.05, 0) is 66.6 Å². The number of anilines is 2. The summed E-state index contributed by atoms with van der Waals surface area (Å²) in [5.41, 5.74) is 3.50. The van der Waals surface area contributed by atoms with Gasteiger partial charge in [-0.15, -0.1) is 0 Å². The van der Waals surface area contributed by atoms with Crippen LogP contribution in [0.25, 0.3) is 10.9 Å². The Morgan fingerprint density at radius 2 is 1.66 bits per heavy atom. The fourth-order valence-corrected chi connectivity index (χ4v) is 4.75. The van der Waals surface area contributed by atoms with Gasteiger partial charge in [-0.3, -0.25) is 14.4 Å². The zero-order valence-corrected chi connectivity index (χ0v) is 24.6. The van der Waals surface area contributed by atoms with Crippen LogP contribution in [0.4, 0.5) is 11.4 Å². The lowest BCUT2D eigenvalue weighted by Crippen LogP contribution is -2.27. The van der Waals surface area contributed by atoms with Crippen LogP contribution in [-0.4, -0.2) is 36.0 Å². The maximum absolute atomic E-state index is 13.3. The highest BCUT2D eigenvalue weighted by Crippen LogP contribution is 2.27. The van der Waals surface area contributed by atoms with Crippen LogP contribution in [0.5, 0.6) is 0 Å². The molecule has 0 bridgehead atoms. The number of hydrogen-bond acceptors (Lipinski definition) is 4. The Morgan fingerprint density at radius 3 is 2.39 bits per heavy atom. The number of halogens is 2. The fourth-order valence-electron chi connectivity index (χ4n) is 4.35. The van der Waals surface area contributed by atoms with Crippen LogP contribution >= 0.6 is 23.2 Å². The van der Waals surface area contributed by atoms with Gasteiger partial charge in [0.15, 0.2) is 0 Å². The summed E-state index contributed by atoms with van der Waals surface area (Å²) >= 11 is 12.4. The lowest BCUT2D eigenvalue weighted by molar-refractivity contribution is -0.124. The lowest BCUT2D eigenvalue weighted by atomic mass is 10.1. The number of ether oxygens (including phenoxy) is 1. The molecule has 0 aliphatic rings. The summed E-state index contributed by atoms with van der Waals surface area (Å²) in [4.78, 5) is 38.4. The van der Waals surface area contributed by atoms with E-state index < -0.39 is 0 Å². The second kappa shape index (κ2) is 13.7. The molecule has 4 aromatic rings. The van der Waals surface area contributed by atoms with Crippen molar-refractivity contribution in [2.75, 3.05) is 24.4 Å². The predicted molar refractivity (Wildman–Crippen MR) is 164 cm³/mol. The summed E-state index contributed by atoms with van der Waals surface area (Å²) in [6.07, 6.45) is 0.711. The molecule has 3 aromatic carbocycles. The van der Waals surface area contributed by atoms with Crippen molar-refractivity contribution in [3.8, 4) is 0 Å². The molecule has 0 aliphatic heterocycles. The van der Waals surface area contributed by atoms with E-state index >= 15 is 0 Å². The molecule has 4 rings (SSSR count). The average molecular weight is 596 g/mol. The molecule has 10 heteroatoms. The first kappa shape index (κ1) is 30.1. The van der Waals surface area contributed by atoms with Crippen LogP contribution < -0.4 is 16.0 Å². The number of nitrogens with zero attached hydrogens (tertiary/aromatic N) is 1. The summed E-state index contributed by atoms with van der Waals surface area (Å²) < 4.78 is 7.15. The highest BCUT2D eigenvalue weighted by atomic mass is 35.5. The van der Waals surface area contributed by atoms with Gasteiger partial charge in [0.05, 0.1) is 10.6 Å². The summed E-state index contributed by atoms with van der Waals surface area (Å²) in [6, 6.07) is 19.3. The molecule has 1 heterocycles. The molecule has 0 spiro atoms. The third-order valence-electron chi connectivity index (χ3n) is 6.47. The quantitative estimate of drug-likeness (QED) is 0.167. The topological polar surface area (TPSA) is 101 Å². The van der Waals surface area contributed by atoms with Crippen LogP contribution in [0.3, 0.4) is 0 Å². The maximum Gasteiger partial charge on any atom is 0.272 e. The van der Waals surface area contributed by atoms with Crippen molar-refractivity contribution in [1.29, 1.82) is 0 Å². The molecule has 214 valence electrons. The van der Waals surface area contributed by atoms with Gasteiger partial charge in [0.25, 0.3) is 11.8 Å². The molecule has 0 radical (unpaired) electrons. The van der Waals surface area contributed by atoms with E-state index in [1.165, 1.54) is 0 Å². The van der Waals surface area contributed by atoms with Gasteiger partial charge >= 0.3 is 0 Å². The number of rotatable bonds is 11. The number of carbonyl (C=O) groups is 3. The SMILES string of the molecule is COCCCn1c(C(=O)Nc2cccc(Cl)c2)cc2cc(NC(=O)c3cc(CNC(=O)C(C)C)ccc3Cl)ccc21. The first-order chi connectivity index (χ1) is 19.7. The van der Waals surface area contributed by atoms with E-state index in [-0.39, 0.29) is 30.2 Å². The average Bonchev–Trinajstić information content (AvgIpc) is 3.30. The smallest absolute Gasteiger partial charge is 0.272 e. The van der Waals surface area contributed by atoms with Crippen LogP contribution in [0.2, 0.25) is 10.0 Å². The van der Waals surface area contributed by atoms with E-state index in [1.54, 1.807) is 61.7 Å². The van der Waals surface area contributed by atoms with E-state index in [0.717, 1.165) is 16.5 Å². The molecule has 1 aromatic heterocycles. The minimum absolute atomic E-state index is 0.0750. The summed E-state index contributed by atoms with van der Waals surface area (Å²) in [5.74, 6) is -0.878. The van der Waals surface area contributed by atoms with Crippen LogP contribution in [-0.2, 0) is 22.6 Å². The third-order valence-corrected chi connectivity index (χ3v) is 7.04. The van der Waals surface area contributed by atoms with Crippen molar-refractivity contribution in [1.82, 2.24) is 9.88 Å². The Kier molecular flexibility index (Phi) is 10.0. The molecule has 0 atom stereocenters. The summed E-state index contributed by atoms with van der Waals surface area (Å²) in [7, 11) is 1.64. The second-order valence-electron chi connectivity index (χ2n) is 9.91. The van der Waals surface area contributed by atoms with Crippen LogP contribution in [0.1, 0.15) is 46.7 Å². The van der Waals surface area contributed by atoms with Gasteiger partial charge in [-0.1, -0.05) is 49.2 Å². The van der Waals surface area contributed by atoms with E-state index in [2.05, 4.69) is 16.0 Å². The fraction of sp³-hybridized carbons (Fsp3) is 0.258. The van der Waals surface area contributed by atoms with Gasteiger partial charge in [0.1, 0.15) is 5.69 Å². The monoisotopic (exact) mass is 594 g/mol. The van der Waals surface area contributed by atoms with Crippen LogP contribution in [0.15, 0.2) is 66.7 Å². The summed E-state index contributed by atoms with van der Waals surface area (Å²) in [6.45, 7) is 5.03. The Morgan fingerprint density at radius 1 is 0.902 bits per heavy atom. The normalized spacial score (nSPS) is 11.1. The Bertz CT molecular complexity index is 1580. The molecule has 0 saturated heterocycles. The maximum atomic E-state index is 13.3. The Balaban J connectivity index is 1.57.